The zero-order chi connectivity index (χ0) is 14.0. The highest BCUT2D eigenvalue weighted by molar-refractivity contribution is 5.77. The van der Waals surface area contributed by atoms with Crippen LogP contribution in [0.15, 0.2) is 24.5 Å². The van der Waals surface area contributed by atoms with E-state index in [2.05, 4.69) is 4.98 Å². The number of hydrogen-bond acceptors (Lipinski definition) is 3. The van der Waals surface area contributed by atoms with Crippen LogP contribution in [0.25, 0.3) is 0 Å². The monoisotopic (exact) mass is 273 g/mol. The van der Waals surface area contributed by atoms with Crippen molar-refractivity contribution in [3.05, 3.63) is 30.1 Å². The molecule has 0 spiro atoms. The van der Waals surface area contributed by atoms with Crippen molar-refractivity contribution in [3.8, 4) is 0 Å². The highest BCUT2D eigenvalue weighted by atomic mass is 16.2. The maximum atomic E-state index is 12.6. The molecule has 2 aliphatic carbocycles. The molecule has 2 saturated carbocycles. The number of nitrogens with two attached hydrogens (primary N) is 1. The van der Waals surface area contributed by atoms with E-state index < -0.39 is 0 Å². The van der Waals surface area contributed by atoms with E-state index in [1.807, 2.05) is 23.2 Å². The normalized spacial score (nSPS) is 20.2. The summed E-state index contributed by atoms with van der Waals surface area (Å²) in [6.07, 6.45) is 9.97. The molecular weight excluding hydrogens is 250 g/mol. The zero-order valence-corrected chi connectivity index (χ0v) is 11.9. The molecule has 0 bridgehead atoms. The molecule has 2 aliphatic rings. The lowest BCUT2D eigenvalue weighted by molar-refractivity contribution is -0.136. The first-order valence-corrected chi connectivity index (χ1v) is 7.61. The number of amides is 1. The number of carbonyl (C=O) groups excluding carboxylic acids is 1. The van der Waals surface area contributed by atoms with E-state index in [4.69, 9.17) is 5.73 Å². The number of nitrogens with zero attached hydrogens (tertiary/aromatic N) is 2. The van der Waals surface area contributed by atoms with Crippen LogP contribution in [0.1, 0.15) is 44.1 Å². The van der Waals surface area contributed by atoms with Gasteiger partial charge in [-0.2, -0.15) is 0 Å². The van der Waals surface area contributed by atoms with Crippen LogP contribution < -0.4 is 5.73 Å². The van der Waals surface area contributed by atoms with Crippen molar-refractivity contribution in [1.82, 2.24) is 9.88 Å². The third-order valence-corrected chi connectivity index (χ3v) is 4.76. The summed E-state index contributed by atoms with van der Waals surface area (Å²) in [6, 6.07) is 4.41. The molecule has 1 amide bonds. The van der Waals surface area contributed by atoms with Crippen molar-refractivity contribution >= 4 is 5.91 Å². The molecule has 1 aromatic rings. The van der Waals surface area contributed by atoms with Crippen LogP contribution in [0.3, 0.4) is 0 Å². The molecule has 1 aromatic heterocycles. The average molecular weight is 273 g/mol. The molecule has 4 nitrogen and oxygen atoms in total. The molecule has 4 heteroatoms. The molecule has 1 heterocycles. The predicted molar refractivity (Wildman–Crippen MR) is 77.8 cm³/mol. The predicted octanol–water partition coefficient (Wildman–Crippen LogP) is 2.09. The Kier molecular flexibility index (Phi) is 3.74. The summed E-state index contributed by atoms with van der Waals surface area (Å²) in [5.74, 6) is 0.279. The average Bonchev–Trinajstić information content (AvgIpc) is 3.25. The summed E-state index contributed by atoms with van der Waals surface area (Å²) in [7, 11) is 0. The first-order valence-electron chi connectivity index (χ1n) is 7.61. The van der Waals surface area contributed by atoms with Gasteiger partial charge in [0.25, 0.3) is 0 Å². The van der Waals surface area contributed by atoms with Crippen LogP contribution in [0.2, 0.25) is 0 Å². The third kappa shape index (κ3) is 2.85. The van der Waals surface area contributed by atoms with Gasteiger partial charge in [0.05, 0.1) is 0 Å². The van der Waals surface area contributed by atoms with Gasteiger partial charge in [-0.25, -0.2) is 0 Å². The summed E-state index contributed by atoms with van der Waals surface area (Å²) in [4.78, 5) is 18.8. The first-order chi connectivity index (χ1) is 9.72. The smallest absolute Gasteiger partial charge is 0.223 e. The van der Waals surface area contributed by atoms with Gasteiger partial charge >= 0.3 is 0 Å². The fourth-order valence-electron chi connectivity index (χ4n) is 3.05. The van der Waals surface area contributed by atoms with Crippen molar-refractivity contribution in [2.24, 2.45) is 11.1 Å². The van der Waals surface area contributed by atoms with Crippen molar-refractivity contribution in [3.63, 3.8) is 0 Å². The Bertz CT molecular complexity index is 460. The summed E-state index contributed by atoms with van der Waals surface area (Å²) >= 11 is 0. The minimum atomic E-state index is 0.0964. The molecule has 0 saturated heterocycles. The molecule has 20 heavy (non-hydrogen) atoms. The second kappa shape index (κ2) is 5.52. The number of carbonyl (C=O) groups is 1. The Morgan fingerprint density at radius 1 is 1.45 bits per heavy atom. The maximum Gasteiger partial charge on any atom is 0.223 e. The molecule has 0 aliphatic heterocycles. The Labute approximate surface area is 120 Å². The van der Waals surface area contributed by atoms with Crippen molar-refractivity contribution in [2.75, 3.05) is 6.54 Å². The van der Waals surface area contributed by atoms with Gasteiger partial charge in [-0.15, -0.1) is 0 Å². The summed E-state index contributed by atoms with van der Waals surface area (Å²) < 4.78 is 0. The molecule has 0 atom stereocenters. The van der Waals surface area contributed by atoms with Gasteiger partial charge < -0.3 is 10.6 Å². The Balaban J connectivity index is 1.66. The second-order valence-electron chi connectivity index (χ2n) is 6.35. The molecule has 2 N–H and O–H groups in total. The largest absolute Gasteiger partial charge is 0.335 e. The fourth-order valence-corrected chi connectivity index (χ4v) is 3.05. The van der Waals surface area contributed by atoms with E-state index in [-0.39, 0.29) is 11.3 Å². The van der Waals surface area contributed by atoms with Gasteiger partial charge in [0.15, 0.2) is 0 Å². The minimum absolute atomic E-state index is 0.0964. The van der Waals surface area contributed by atoms with E-state index in [1.165, 1.54) is 6.42 Å². The Morgan fingerprint density at radius 2 is 2.25 bits per heavy atom. The van der Waals surface area contributed by atoms with Gasteiger partial charge in [-0.05, 0) is 49.3 Å². The van der Waals surface area contributed by atoms with Crippen LogP contribution >= 0.6 is 0 Å². The topological polar surface area (TPSA) is 59.2 Å². The van der Waals surface area contributed by atoms with Crippen LogP contribution in [0.5, 0.6) is 0 Å². The van der Waals surface area contributed by atoms with Crippen LogP contribution in [-0.2, 0) is 11.3 Å². The summed E-state index contributed by atoms with van der Waals surface area (Å²) in [5, 5.41) is 0. The second-order valence-corrected chi connectivity index (χ2v) is 6.35. The number of rotatable bonds is 6. The quantitative estimate of drug-likeness (QED) is 0.863. The Hall–Kier alpha value is -1.42. The fraction of sp³-hybridized carbons (Fsp3) is 0.625. The lowest BCUT2D eigenvalue weighted by atomic mass is 9.66. The van der Waals surface area contributed by atoms with E-state index in [0.29, 0.717) is 25.6 Å². The molecule has 108 valence electrons. The van der Waals surface area contributed by atoms with Gasteiger partial charge in [0.1, 0.15) is 0 Å². The molecule has 0 aromatic carbocycles. The van der Waals surface area contributed by atoms with Crippen LogP contribution in [0, 0.1) is 5.41 Å². The standard InChI is InChI=1S/C16H23N3O/c17-12-16(6-2-7-16)9-15(20)19(14-4-5-14)11-13-3-1-8-18-10-13/h1,3,8,10,14H,2,4-7,9,11-12,17H2. The summed E-state index contributed by atoms with van der Waals surface area (Å²) in [6.45, 7) is 1.34. The molecular formula is C16H23N3O. The van der Waals surface area contributed by atoms with Crippen molar-refractivity contribution in [1.29, 1.82) is 0 Å². The minimum Gasteiger partial charge on any atom is -0.335 e. The van der Waals surface area contributed by atoms with Gasteiger partial charge in [0.2, 0.25) is 5.91 Å². The van der Waals surface area contributed by atoms with E-state index in [9.17, 15) is 4.79 Å². The summed E-state index contributed by atoms with van der Waals surface area (Å²) in [5.41, 5.74) is 7.09. The van der Waals surface area contributed by atoms with Gasteiger partial charge in [-0.3, -0.25) is 9.78 Å². The molecule has 3 rings (SSSR count). The maximum absolute atomic E-state index is 12.6. The van der Waals surface area contributed by atoms with Gasteiger partial charge in [-0.1, -0.05) is 12.5 Å². The molecule has 0 radical (unpaired) electrons. The molecule has 2 fully saturated rings. The SMILES string of the molecule is NCC1(CC(=O)N(Cc2cccnc2)C2CC2)CCC1. The highest BCUT2D eigenvalue weighted by Gasteiger charge is 2.41. The zero-order valence-electron chi connectivity index (χ0n) is 11.9. The van der Waals surface area contributed by atoms with Crippen LogP contribution in [0.4, 0.5) is 0 Å². The van der Waals surface area contributed by atoms with E-state index >= 15 is 0 Å². The third-order valence-electron chi connectivity index (χ3n) is 4.76. The lowest BCUT2D eigenvalue weighted by Gasteiger charge is -2.41. The van der Waals surface area contributed by atoms with Crippen molar-refractivity contribution in [2.45, 2.75) is 51.1 Å². The Morgan fingerprint density at radius 3 is 2.75 bits per heavy atom. The molecule has 0 unspecified atom stereocenters. The van der Waals surface area contributed by atoms with Crippen molar-refractivity contribution < 1.29 is 4.79 Å². The number of pyridine rings is 1. The van der Waals surface area contributed by atoms with Crippen LogP contribution in [-0.4, -0.2) is 28.4 Å². The van der Waals surface area contributed by atoms with E-state index in [0.717, 1.165) is 31.2 Å². The highest BCUT2D eigenvalue weighted by Crippen LogP contribution is 2.44. The number of hydrogen-bond donors (Lipinski definition) is 1. The lowest BCUT2D eigenvalue weighted by Crippen LogP contribution is -2.43. The first kappa shape index (κ1) is 13.6. The number of aromatic nitrogens is 1. The van der Waals surface area contributed by atoms with E-state index in [1.54, 1.807) is 6.20 Å². The van der Waals surface area contributed by atoms with Gasteiger partial charge in [0, 0.05) is 31.4 Å².